The molecule has 0 spiro atoms. The largest absolute Gasteiger partial charge is 0.297 e. The van der Waals surface area contributed by atoms with Crippen LogP contribution in [0.4, 0.5) is 0 Å². The first-order chi connectivity index (χ1) is 9.70. The molecule has 4 heterocycles. The molecule has 2 unspecified atom stereocenters. The Hall–Kier alpha value is -1.68. The van der Waals surface area contributed by atoms with Gasteiger partial charge in [0.05, 0.1) is 5.69 Å². The smallest absolute Gasteiger partial charge is 0.155 e. The van der Waals surface area contributed by atoms with Crippen LogP contribution in [0.5, 0.6) is 0 Å². The minimum atomic E-state index is 0.604. The first-order valence-electron chi connectivity index (χ1n) is 7.46. The van der Waals surface area contributed by atoms with Crippen molar-refractivity contribution in [3.63, 3.8) is 0 Å². The van der Waals surface area contributed by atoms with E-state index in [-0.39, 0.29) is 0 Å². The minimum absolute atomic E-state index is 0.604. The van der Waals surface area contributed by atoms with Crippen molar-refractivity contribution in [3.8, 4) is 0 Å². The Balaban J connectivity index is 1.75. The van der Waals surface area contributed by atoms with Gasteiger partial charge in [0, 0.05) is 36.1 Å². The van der Waals surface area contributed by atoms with Gasteiger partial charge >= 0.3 is 0 Å². The van der Waals surface area contributed by atoms with Crippen LogP contribution < -0.4 is 0 Å². The van der Waals surface area contributed by atoms with Gasteiger partial charge in [-0.25, -0.2) is 9.50 Å². The highest BCUT2D eigenvalue weighted by molar-refractivity contribution is 5.67. The monoisotopic (exact) mass is 268 g/mol. The quantitative estimate of drug-likeness (QED) is 0.797. The summed E-state index contributed by atoms with van der Waals surface area (Å²) in [6.45, 7) is 2.01. The van der Waals surface area contributed by atoms with E-state index in [0.29, 0.717) is 12.1 Å². The van der Waals surface area contributed by atoms with Crippen molar-refractivity contribution in [2.75, 3.05) is 7.05 Å². The zero-order valence-electron chi connectivity index (χ0n) is 12.1. The predicted molar refractivity (Wildman–Crippen MR) is 79.5 cm³/mol. The summed E-state index contributed by atoms with van der Waals surface area (Å²) < 4.78 is 1.90. The number of likely N-dealkylation sites (N-methyl/N-ethyl adjacent to an activating group) is 1. The molecule has 20 heavy (non-hydrogen) atoms. The van der Waals surface area contributed by atoms with Crippen molar-refractivity contribution in [2.45, 2.75) is 44.7 Å². The second kappa shape index (κ2) is 4.42. The van der Waals surface area contributed by atoms with E-state index >= 15 is 0 Å². The molecule has 104 valence electrons. The van der Waals surface area contributed by atoms with Crippen molar-refractivity contribution < 1.29 is 0 Å². The zero-order valence-corrected chi connectivity index (χ0v) is 12.1. The van der Waals surface area contributed by atoms with Crippen LogP contribution in [0.1, 0.15) is 36.9 Å². The van der Waals surface area contributed by atoms with E-state index < -0.39 is 0 Å². The molecular weight excluding hydrogens is 248 g/mol. The average Bonchev–Trinajstić information content (AvgIpc) is 2.77. The maximum Gasteiger partial charge on any atom is 0.155 e. The highest BCUT2D eigenvalue weighted by atomic mass is 15.2. The molecule has 2 atom stereocenters. The van der Waals surface area contributed by atoms with Crippen LogP contribution in [0.25, 0.3) is 11.2 Å². The maximum atomic E-state index is 4.54. The number of nitrogens with zero attached hydrogens (tertiary/aromatic N) is 4. The van der Waals surface area contributed by atoms with Gasteiger partial charge < -0.3 is 0 Å². The SMILES string of the molecule is Cc1cc2ncc(C3=CC4CCCC(C3)N4C)cn2n1. The molecule has 2 aliphatic rings. The molecule has 0 saturated carbocycles. The first kappa shape index (κ1) is 12.1. The summed E-state index contributed by atoms with van der Waals surface area (Å²) in [5, 5.41) is 4.47. The van der Waals surface area contributed by atoms with E-state index in [9.17, 15) is 0 Å². The van der Waals surface area contributed by atoms with Gasteiger partial charge in [-0.05, 0) is 38.8 Å². The minimum Gasteiger partial charge on any atom is -0.297 e. The lowest BCUT2D eigenvalue weighted by atomic mass is 9.84. The number of hydrogen-bond donors (Lipinski definition) is 0. The average molecular weight is 268 g/mol. The lowest BCUT2D eigenvalue weighted by molar-refractivity contribution is 0.137. The molecule has 0 radical (unpaired) electrons. The molecule has 4 nitrogen and oxygen atoms in total. The summed E-state index contributed by atoms with van der Waals surface area (Å²) >= 11 is 0. The van der Waals surface area contributed by atoms with Gasteiger partial charge in [-0.1, -0.05) is 12.5 Å². The fourth-order valence-electron chi connectivity index (χ4n) is 3.62. The Morgan fingerprint density at radius 1 is 1.30 bits per heavy atom. The molecule has 0 amide bonds. The molecule has 0 aliphatic carbocycles. The number of piperidine rings is 1. The summed E-state index contributed by atoms with van der Waals surface area (Å²) in [7, 11) is 2.26. The summed E-state index contributed by atoms with van der Waals surface area (Å²) in [5.41, 5.74) is 4.62. The Morgan fingerprint density at radius 3 is 3.05 bits per heavy atom. The highest BCUT2D eigenvalue weighted by Crippen LogP contribution is 2.35. The van der Waals surface area contributed by atoms with Crippen LogP contribution in [0, 0.1) is 6.92 Å². The summed E-state index contributed by atoms with van der Waals surface area (Å²) in [6.07, 6.45) is 11.7. The summed E-state index contributed by atoms with van der Waals surface area (Å²) in [4.78, 5) is 7.07. The van der Waals surface area contributed by atoms with Crippen LogP contribution >= 0.6 is 0 Å². The number of fused-ring (bicyclic) bond motifs is 3. The van der Waals surface area contributed by atoms with Gasteiger partial charge in [0.25, 0.3) is 0 Å². The first-order valence-corrected chi connectivity index (χ1v) is 7.46. The molecule has 0 aromatic carbocycles. The Labute approximate surface area is 119 Å². The predicted octanol–water partition coefficient (Wildman–Crippen LogP) is 2.68. The van der Waals surface area contributed by atoms with Crippen LogP contribution in [0.3, 0.4) is 0 Å². The fourth-order valence-corrected chi connectivity index (χ4v) is 3.62. The lowest BCUT2D eigenvalue weighted by Gasteiger charge is -2.42. The van der Waals surface area contributed by atoms with E-state index in [1.54, 1.807) is 0 Å². The Bertz CT molecular complexity index is 685. The normalized spacial score (nSPS) is 26.8. The molecule has 1 fully saturated rings. The van der Waals surface area contributed by atoms with Crippen molar-refractivity contribution >= 4 is 11.2 Å². The fraction of sp³-hybridized carbons (Fsp3) is 0.500. The van der Waals surface area contributed by atoms with E-state index in [1.165, 1.54) is 30.4 Å². The molecule has 4 heteroatoms. The molecule has 2 aromatic heterocycles. The van der Waals surface area contributed by atoms with E-state index in [1.807, 2.05) is 23.7 Å². The molecule has 1 saturated heterocycles. The van der Waals surface area contributed by atoms with Crippen molar-refractivity contribution in [2.24, 2.45) is 0 Å². The molecule has 2 aromatic rings. The molecular formula is C16H20N4. The van der Waals surface area contributed by atoms with Gasteiger partial charge in [-0.15, -0.1) is 0 Å². The van der Waals surface area contributed by atoms with Crippen molar-refractivity contribution in [1.82, 2.24) is 19.5 Å². The molecule has 4 rings (SSSR count). The second-order valence-corrected chi connectivity index (χ2v) is 6.14. The molecule has 0 N–H and O–H groups in total. The van der Waals surface area contributed by atoms with Gasteiger partial charge in [0.1, 0.15) is 0 Å². The van der Waals surface area contributed by atoms with E-state index in [2.05, 4.69) is 34.3 Å². The topological polar surface area (TPSA) is 33.4 Å². The van der Waals surface area contributed by atoms with Crippen molar-refractivity contribution in [3.05, 3.63) is 35.8 Å². The maximum absolute atomic E-state index is 4.54. The Morgan fingerprint density at radius 2 is 2.20 bits per heavy atom. The van der Waals surface area contributed by atoms with E-state index in [0.717, 1.165) is 17.8 Å². The third-order valence-corrected chi connectivity index (χ3v) is 4.79. The number of aryl methyl sites for hydroxylation is 1. The van der Waals surface area contributed by atoms with Crippen molar-refractivity contribution in [1.29, 1.82) is 0 Å². The van der Waals surface area contributed by atoms with Crippen LogP contribution in [0.15, 0.2) is 24.5 Å². The zero-order chi connectivity index (χ0) is 13.7. The molecule has 2 aliphatic heterocycles. The lowest BCUT2D eigenvalue weighted by Crippen LogP contribution is -2.45. The van der Waals surface area contributed by atoms with Gasteiger partial charge in [0.2, 0.25) is 0 Å². The number of rotatable bonds is 1. The third kappa shape index (κ3) is 1.86. The van der Waals surface area contributed by atoms with Gasteiger partial charge in [0.15, 0.2) is 5.65 Å². The Kier molecular flexibility index (Phi) is 2.67. The van der Waals surface area contributed by atoms with Crippen LogP contribution in [0.2, 0.25) is 0 Å². The van der Waals surface area contributed by atoms with Gasteiger partial charge in [-0.3, -0.25) is 4.90 Å². The van der Waals surface area contributed by atoms with E-state index in [4.69, 9.17) is 0 Å². The highest BCUT2D eigenvalue weighted by Gasteiger charge is 2.31. The standard InChI is InChI=1S/C16H20N4/c1-11-6-16-17-9-13(10-20(16)18-11)12-7-14-4-3-5-15(8-12)19(14)2/h6-7,9-10,14-15H,3-5,8H2,1-2H3. The summed E-state index contributed by atoms with van der Waals surface area (Å²) in [6, 6.07) is 3.32. The second-order valence-electron chi connectivity index (χ2n) is 6.14. The van der Waals surface area contributed by atoms with Gasteiger partial charge in [-0.2, -0.15) is 5.10 Å². The number of hydrogen-bond acceptors (Lipinski definition) is 3. The molecule has 2 bridgehead atoms. The van der Waals surface area contributed by atoms with Crippen LogP contribution in [-0.4, -0.2) is 38.6 Å². The third-order valence-electron chi connectivity index (χ3n) is 4.79. The number of aromatic nitrogens is 3. The summed E-state index contributed by atoms with van der Waals surface area (Å²) in [5.74, 6) is 0. The van der Waals surface area contributed by atoms with Crippen LogP contribution in [-0.2, 0) is 0 Å².